The van der Waals surface area contributed by atoms with Crippen LogP contribution in [0.15, 0.2) is 48.7 Å². The molecule has 2 amide bonds. The van der Waals surface area contributed by atoms with E-state index in [0.29, 0.717) is 36.9 Å². The first-order valence-corrected chi connectivity index (χ1v) is 10.1. The molecule has 0 saturated heterocycles. The molecule has 0 aliphatic carbocycles. The van der Waals surface area contributed by atoms with Crippen molar-refractivity contribution in [1.29, 1.82) is 0 Å². The van der Waals surface area contributed by atoms with Gasteiger partial charge in [0.25, 0.3) is 0 Å². The van der Waals surface area contributed by atoms with E-state index in [-0.39, 0.29) is 6.04 Å². The van der Waals surface area contributed by atoms with Crippen LogP contribution >= 0.6 is 0 Å². The van der Waals surface area contributed by atoms with Gasteiger partial charge in [0.2, 0.25) is 0 Å². The summed E-state index contributed by atoms with van der Waals surface area (Å²) in [6.45, 7) is 1.24. The number of anilines is 1. The monoisotopic (exact) mass is 422 g/mol. The summed E-state index contributed by atoms with van der Waals surface area (Å²) in [4.78, 5) is 26.9. The van der Waals surface area contributed by atoms with E-state index in [4.69, 9.17) is 9.47 Å². The number of aryl methyl sites for hydroxylation is 1. The summed E-state index contributed by atoms with van der Waals surface area (Å²) in [5.41, 5.74) is 2.69. The number of benzene rings is 2. The number of rotatable bonds is 5. The lowest BCUT2D eigenvalue weighted by molar-refractivity contribution is -0.136. The molecule has 3 aromatic rings. The molecule has 1 aliphatic rings. The van der Waals surface area contributed by atoms with Gasteiger partial charge in [0.05, 0.1) is 6.04 Å². The SMILES string of the molecule is CN(C)[C@H](CNC(=O)C(=O)Nc1ccc2c(c1)OCCO2)c1cn(C)c2ccccc12. The van der Waals surface area contributed by atoms with Crippen LogP contribution in [0.5, 0.6) is 11.5 Å². The highest BCUT2D eigenvalue weighted by atomic mass is 16.6. The quantitative estimate of drug-likeness (QED) is 0.617. The van der Waals surface area contributed by atoms with Crippen molar-refractivity contribution in [2.45, 2.75) is 6.04 Å². The molecular formula is C23H26N4O4. The van der Waals surface area contributed by atoms with Gasteiger partial charge in [-0.05, 0) is 37.9 Å². The molecule has 8 heteroatoms. The maximum Gasteiger partial charge on any atom is 0.313 e. The standard InChI is InChI=1S/C23H26N4O4/c1-26(2)19(17-14-27(3)18-7-5-4-6-16(17)18)13-24-22(28)23(29)25-15-8-9-20-21(12-15)31-11-10-30-20/h4-9,12,14,19H,10-11,13H2,1-3H3,(H,24,28)(H,25,29)/t19-/m1/s1. The van der Waals surface area contributed by atoms with E-state index in [9.17, 15) is 9.59 Å². The second-order valence-corrected chi connectivity index (χ2v) is 7.71. The molecule has 2 aromatic carbocycles. The zero-order valence-electron chi connectivity index (χ0n) is 17.8. The summed E-state index contributed by atoms with van der Waals surface area (Å²) in [5.74, 6) is -0.250. The number of ether oxygens (including phenoxy) is 2. The third kappa shape index (κ3) is 4.34. The summed E-state index contributed by atoms with van der Waals surface area (Å²) < 4.78 is 13.0. The fourth-order valence-electron chi connectivity index (χ4n) is 3.79. The van der Waals surface area contributed by atoms with Crippen molar-refractivity contribution in [2.24, 2.45) is 7.05 Å². The molecule has 1 aromatic heterocycles. The predicted octanol–water partition coefficient (Wildman–Crippen LogP) is 2.31. The molecule has 31 heavy (non-hydrogen) atoms. The van der Waals surface area contributed by atoms with Gasteiger partial charge in [0.15, 0.2) is 11.5 Å². The Morgan fingerprint density at radius 2 is 1.81 bits per heavy atom. The van der Waals surface area contributed by atoms with E-state index >= 15 is 0 Å². The number of nitrogens with zero attached hydrogens (tertiary/aromatic N) is 2. The summed E-state index contributed by atoms with van der Waals surface area (Å²) in [6, 6.07) is 13.1. The molecule has 0 bridgehead atoms. The van der Waals surface area contributed by atoms with Crippen molar-refractivity contribution in [3.63, 3.8) is 0 Å². The Labute approximate surface area is 180 Å². The van der Waals surface area contributed by atoms with E-state index in [1.54, 1.807) is 18.2 Å². The molecule has 0 saturated carbocycles. The van der Waals surface area contributed by atoms with Crippen LogP contribution in [0.25, 0.3) is 10.9 Å². The van der Waals surface area contributed by atoms with Crippen molar-refractivity contribution in [2.75, 3.05) is 39.2 Å². The van der Waals surface area contributed by atoms with Gasteiger partial charge < -0.3 is 29.6 Å². The predicted molar refractivity (Wildman–Crippen MR) is 118 cm³/mol. The second kappa shape index (κ2) is 8.69. The number of para-hydroxylation sites is 1. The highest BCUT2D eigenvalue weighted by Crippen LogP contribution is 2.32. The maximum atomic E-state index is 12.5. The van der Waals surface area contributed by atoms with Crippen molar-refractivity contribution in [1.82, 2.24) is 14.8 Å². The summed E-state index contributed by atoms with van der Waals surface area (Å²) in [7, 11) is 5.90. The number of aromatic nitrogens is 1. The first-order valence-electron chi connectivity index (χ1n) is 10.1. The molecule has 2 N–H and O–H groups in total. The molecule has 0 radical (unpaired) electrons. The van der Waals surface area contributed by atoms with Crippen molar-refractivity contribution < 1.29 is 19.1 Å². The molecular weight excluding hydrogens is 396 g/mol. The van der Waals surface area contributed by atoms with Gasteiger partial charge in [-0.25, -0.2) is 0 Å². The number of amides is 2. The van der Waals surface area contributed by atoms with Gasteiger partial charge in [-0.3, -0.25) is 9.59 Å². The third-order valence-electron chi connectivity index (χ3n) is 5.37. The second-order valence-electron chi connectivity index (χ2n) is 7.71. The number of carbonyl (C=O) groups is 2. The number of hydrogen-bond donors (Lipinski definition) is 2. The Balaban J connectivity index is 1.43. The average Bonchev–Trinajstić information content (AvgIpc) is 3.10. The van der Waals surface area contributed by atoms with Crippen LogP contribution in [0, 0.1) is 0 Å². The van der Waals surface area contributed by atoms with Crippen LogP contribution in [0.2, 0.25) is 0 Å². The molecule has 0 unspecified atom stereocenters. The Morgan fingerprint density at radius 3 is 2.58 bits per heavy atom. The van der Waals surface area contributed by atoms with E-state index in [2.05, 4.69) is 33.5 Å². The highest BCUT2D eigenvalue weighted by molar-refractivity contribution is 6.39. The van der Waals surface area contributed by atoms with E-state index in [0.717, 1.165) is 16.5 Å². The Kier molecular flexibility index (Phi) is 5.81. The van der Waals surface area contributed by atoms with Gasteiger partial charge in [-0.15, -0.1) is 0 Å². The van der Waals surface area contributed by atoms with Crippen molar-refractivity contribution >= 4 is 28.4 Å². The Morgan fingerprint density at radius 1 is 1.06 bits per heavy atom. The van der Waals surface area contributed by atoms with Gasteiger partial charge in [-0.2, -0.15) is 0 Å². The lowest BCUT2D eigenvalue weighted by Crippen LogP contribution is -2.40. The topological polar surface area (TPSA) is 84.8 Å². The number of fused-ring (bicyclic) bond motifs is 2. The van der Waals surface area contributed by atoms with Gasteiger partial charge in [0.1, 0.15) is 13.2 Å². The fourth-order valence-corrected chi connectivity index (χ4v) is 3.79. The van der Waals surface area contributed by atoms with Crippen molar-refractivity contribution in [3.8, 4) is 11.5 Å². The normalized spacial score (nSPS) is 13.8. The highest BCUT2D eigenvalue weighted by Gasteiger charge is 2.22. The smallest absolute Gasteiger partial charge is 0.313 e. The largest absolute Gasteiger partial charge is 0.486 e. The van der Waals surface area contributed by atoms with Crippen LogP contribution in [0.1, 0.15) is 11.6 Å². The average molecular weight is 422 g/mol. The Bertz CT molecular complexity index is 1120. The maximum absolute atomic E-state index is 12.5. The number of nitrogens with one attached hydrogen (secondary N) is 2. The molecule has 1 aliphatic heterocycles. The van der Waals surface area contributed by atoms with Crippen molar-refractivity contribution in [3.05, 3.63) is 54.2 Å². The number of hydrogen-bond acceptors (Lipinski definition) is 5. The molecule has 0 fully saturated rings. The summed E-state index contributed by atoms with van der Waals surface area (Å²) in [5, 5.41) is 6.50. The fraction of sp³-hybridized carbons (Fsp3) is 0.304. The minimum Gasteiger partial charge on any atom is -0.486 e. The van der Waals surface area contributed by atoms with E-state index in [1.165, 1.54) is 0 Å². The molecule has 1 atom stereocenters. The lowest BCUT2D eigenvalue weighted by Gasteiger charge is -2.24. The lowest BCUT2D eigenvalue weighted by atomic mass is 10.0. The summed E-state index contributed by atoms with van der Waals surface area (Å²) >= 11 is 0. The Hall–Kier alpha value is -3.52. The van der Waals surface area contributed by atoms with E-state index < -0.39 is 11.8 Å². The van der Waals surface area contributed by atoms with Crippen LogP contribution in [0.4, 0.5) is 5.69 Å². The molecule has 162 valence electrons. The number of likely N-dealkylation sites (N-methyl/N-ethyl adjacent to an activating group) is 1. The summed E-state index contributed by atoms with van der Waals surface area (Å²) in [6.07, 6.45) is 2.07. The molecule has 2 heterocycles. The zero-order chi connectivity index (χ0) is 22.0. The molecule has 4 rings (SSSR count). The van der Waals surface area contributed by atoms with Gasteiger partial charge in [-0.1, -0.05) is 18.2 Å². The molecule has 0 spiro atoms. The van der Waals surface area contributed by atoms with Crippen LogP contribution in [-0.2, 0) is 16.6 Å². The minimum atomic E-state index is -0.730. The number of carbonyl (C=O) groups excluding carboxylic acids is 2. The van der Waals surface area contributed by atoms with Gasteiger partial charge >= 0.3 is 11.8 Å². The zero-order valence-corrected chi connectivity index (χ0v) is 17.8. The van der Waals surface area contributed by atoms with Crippen LogP contribution in [-0.4, -0.2) is 55.1 Å². The van der Waals surface area contributed by atoms with Crippen LogP contribution < -0.4 is 20.1 Å². The minimum absolute atomic E-state index is 0.0860. The van der Waals surface area contributed by atoms with Gasteiger partial charge in [0, 0.05) is 42.4 Å². The van der Waals surface area contributed by atoms with E-state index in [1.807, 2.05) is 38.2 Å². The van der Waals surface area contributed by atoms with Crippen LogP contribution in [0.3, 0.4) is 0 Å². The first kappa shape index (κ1) is 20.7. The third-order valence-corrected chi connectivity index (χ3v) is 5.37. The first-order chi connectivity index (χ1) is 14.9. The molecule has 8 nitrogen and oxygen atoms in total.